The second kappa shape index (κ2) is 3.05. The highest BCUT2D eigenvalue weighted by Crippen LogP contribution is 2.21. The average Bonchev–Trinajstić information content (AvgIpc) is 1.98. The molecule has 0 heterocycles. The van der Waals surface area contributed by atoms with Crippen molar-refractivity contribution in [2.45, 2.75) is 6.92 Å². The Morgan fingerprint density at radius 2 is 2.27 bits per heavy atom. The van der Waals surface area contributed by atoms with Crippen molar-refractivity contribution in [2.24, 2.45) is 0 Å². The Morgan fingerprint density at radius 1 is 1.55 bits per heavy atom. The SMILES string of the molecule is Cc1ccc(N)c(OC=O)c1. The molecule has 0 saturated carbocycles. The molecule has 11 heavy (non-hydrogen) atoms. The fraction of sp³-hybridized carbons (Fsp3) is 0.125. The third kappa shape index (κ3) is 1.70. The smallest absolute Gasteiger partial charge is 0.298 e. The minimum atomic E-state index is 0.366. The Kier molecular flexibility index (Phi) is 2.11. The number of carbonyl (C=O) groups is 1. The molecule has 2 N–H and O–H groups in total. The highest BCUT2D eigenvalue weighted by molar-refractivity contribution is 5.58. The number of aryl methyl sites for hydroxylation is 1. The lowest BCUT2D eigenvalue weighted by atomic mass is 10.2. The van der Waals surface area contributed by atoms with Gasteiger partial charge in [0.2, 0.25) is 0 Å². The molecule has 3 nitrogen and oxygen atoms in total. The van der Waals surface area contributed by atoms with Crippen LogP contribution in [0, 0.1) is 6.92 Å². The number of anilines is 1. The van der Waals surface area contributed by atoms with Gasteiger partial charge in [0.1, 0.15) is 0 Å². The van der Waals surface area contributed by atoms with E-state index in [-0.39, 0.29) is 0 Å². The van der Waals surface area contributed by atoms with Crippen LogP contribution in [0.4, 0.5) is 5.69 Å². The molecule has 0 aliphatic rings. The summed E-state index contributed by atoms with van der Waals surface area (Å²) in [5.41, 5.74) is 6.98. The highest BCUT2D eigenvalue weighted by Gasteiger charge is 1.98. The predicted octanol–water partition coefficient (Wildman–Crippen LogP) is 1.11. The number of hydrogen-bond donors (Lipinski definition) is 1. The monoisotopic (exact) mass is 151 g/mol. The van der Waals surface area contributed by atoms with E-state index in [2.05, 4.69) is 4.74 Å². The standard InChI is InChI=1S/C8H9NO2/c1-6-2-3-7(9)8(4-6)11-5-10/h2-5H,9H2,1H3. The molecule has 0 aliphatic carbocycles. The minimum absolute atomic E-state index is 0.366. The lowest BCUT2D eigenvalue weighted by molar-refractivity contribution is -0.120. The van der Waals surface area contributed by atoms with Gasteiger partial charge in [-0.2, -0.15) is 0 Å². The summed E-state index contributed by atoms with van der Waals surface area (Å²) >= 11 is 0. The molecule has 1 rings (SSSR count). The topological polar surface area (TPSA) is 52.3 Å². The molecule has 0 atom stereocenters. The summed E-state index contributed by atoms with van der Waals surface area (Å²) in [6.07, 6.45) is 0. The number of nitrogens with two attached hydrogens (primary N) is 1. The number of ether oxygens (including phenoxy) is 1. The van der Waals surface area contributed by atoms with Gasteiger partial charge in [0.05, 0.1) is 5.69 Å². The number of nitrogen functional groups attached to an aromatic ring is 1. The fourth-order valence-corrected chi connectivity index (χ4v) is 0.795. The van der Waals surface area contributed by atoms with Crippen LogP contribution in [-0.2, 0) is 4.79 Å². The van der Waals surface area contributed by atoms with E-state index < -0.39 is 0 Å². The van der Waals surface area contributed by atoms with Crippen molar-refractivity contribution in [3.8, 4) is 5.75 Å². The molecule has 0 aliphatic heterocycles. The van der Waals surface area contributed by atoms with Gasteiger partial charge in [-0.1, -0.05) is 6.07 Å². The first-order valence-electron chi connectivity index (χ1n) is 3.20. The molecular formula is C8H9NO2. The third-order valence-corrected chi connectivity index (χ3v) is 1.34. The van der Waals surface area contributed by atoms with Gasteiger partial charge < -0.3 is 10.5 Å². The summed E-state index contributed by atoms with van der Waals surface area (Å²) in [5.74, 6) is 0.417. The van der Waals surface area contributed by atoms with Gasteiger partial charge in [-0.15, -0.1) is 0 Å². The Bertz CT molecular complexity index is 271. The highest BCUT2D eigenvalue weighted by atomic mass is 16.5. The third-order valence-electron chi connectivity index (χ3n) is 1.34. The number of carbonyl (C=O) groups excluding carboxylic acids is 1. The number of hydrogen-bond acceptors (Lipinski definition) is 3. The Balaban J connectivity index is 3.01. The number of rotatable bonds is 2. The molecular weight excluding hydrogens is 142 g/mol. The van der Waals surface area contributed by atoms with Crippen LogP contribution in [0.3, 0.4) is 0 Å². The maximum absolute atomic E-state index is 9.96. The van der Waals surface area contributed by atoms with Gasteiger partial charge in [0.25, 0.3) is 6.47 Å². The first kappa shape index (κ1) is 7.60. The van der Waals surface area contributed by atoms with Crippen LogP contribution < -0.4 is 10.5 Å². The van der Waals surface area contributed by atoms with E-state index in [1.54, 1.807) is 12.1 Å². The molecule has 0 spiro atoms. The minimum Gasteiger partial charge on any atom is -0.427 e. The van der Waals surface area contributed by atoms with Crippen molar-refractivity contribution in [3.63, 3.8) is 0 Å². The fourth-order valence-electron chi connectivity index (χ4n) is 0.795. The largest absolute Gasteiger partial charge is 0.427 e. The van der Waals surface area contributed by atoms with Gasteiger partial charge >= 0.3 is 0 Å². The summed E-state index contributed by atoms with van der Waals surface area (Å²) in [6, 6.07) is 5.27. The van der Waals surface area contributed by atoms with Crippen LogP contribution in [0.25, 0.3) is 0 Å². The first-order chi connectivity index (χ1) is 5.24. The zero-order valence-electron chi connectivity index (χ0n) is 6.20. The molecule has 0 bridgehead atoms. The van der Waals surface area contributed by atoms with E-state index in [0.717, 1.165) is 5.56 Å². The van der Waals surface area contributed by atoms with E-state index in [1.807, 2.05) is 13.0 Å². The molecule has 0 unspecified atom stereocenters. The quantitative estimate of drug-likeness (QED) is 0.509. The maximum Gasteiger partial charge on any atom is 0.298 e. The Hall–Kier alpha value is -1.51. The lowest BCUT2D eigenvalue weighted by Crippen LogP contribution is -1.94. The van der Waals surface area contributed by atoms with Crippen LogP contribution in [0.15, 0.2) is 18.2 Å². The van der Waals surface area contributed by atoms with E-state index >= 15 is 0 Å². The molecule has 58 valence electrons. The van der Waals surface area contributed by atoms with E-state index in [9.17, 15) is 4.79 Å². The summed E-state index contributed by atoms with van der Waals surface area (Å²) in [7, 11) is 0. The zero-order valence-corrected chi connectivity index (χ0v) is 6.20. The van der Waals surface area contributed by atoms with Crippen LogP contribution in [-0.4, -0.2) is 6.47 Å². The molecule has 0 saturated heterocycles. The van der Waals surface area contributed by atoms with Crippen molar-refractivity contribution < 1.29 is 9.53 Å². The van der Waals surface area contributed by atoms with Crippen molar-refractivity contribution in [3.05, 3.63) is 23.8 Å². The molecule has 0 aromatic heterocycles. The summed E-state index contributed by atoms with van der Waals surface area (Å²) in [5, 5.41) is 0. The van der Waals surface area contributed by atoms with Gasteiger partial charge in [-0.3, -0.25) is 4.79 Å². The van der Waals surface area contributed by atoms with Crippen molar-refractivity contribution in [1.82, 2.24) is 0 Å². The van der Waals surface area contributed by atoms with Crippen molar-refractivity contribution in [1.29, 1.82) is 0 Å². The van der Waals surface area contributed by atoms with Gasteiger partial charge in [0, 0.05) is 0 Å². The summed E-state index contributed by atoms with van der Waals surface area (Å²) in [6.45, 7) is 2.27. The molecule has 0 amide bonds. The molecule has 1 aromatic carbocycles. The number of benzene rings is 1. The Morgan fingerprint density at radius 3 is 2.91 bits per heavy atom. The van der Waals surface area contributed by atoms with Gasteiger partial charge in [-0.25, -0.2) is 0 Å². The molecule has 3 heteroatoms. The van der Waals surface area contributed by atoms with Gasteiger partial charge in [0.15, 0.2) is 5.75 Å². The second-order valence-corrected chi connectivity index (χ2v) is 2.26. The molecule has 0 radical (unpaired) electrons. The lowest BCUT2D eigenvalue weighted by Gasteiger charge is -2.02. The predicted molar refractivity (Wildman–Crippen MR) is 42.3 cm³/mol. The van der Waals surface area contributed by atoms with E-state index in [0.29, 0.717) is 17.9 Å². The zero-order chi connectivity index (χ0) is 8.27. The van der Waals surface area contributed by atoms with E-state index in [4.69, 9.17) is 5.73 Å². The van der Waals surface area contributed by atoms with Crippen molar-refractivity contribution in [2.75, 3.05) is 5.73 Å². The Labute approximate surface area is 64.8 Å². The van der Waals surface area contributed by atoms with Crippen LogP contribution >= 0.6 is 0 Å². The summed E-state index contributed by atoms with van der Waals surface area (Å²) < 4.78 is 4.61. The van der Waals surface area contributed by atoms with Crippen LogP contribution in [0.5, 0.6) is 5.75 Å². The van der Waals surface area contributed by atoms with Crippen LogP contribution in [0.2, 0.25) is 0 Å². The van der Waals surface area contributed by atoms with Gasteiger partial charge in [-0.05, 0) is 24.6 Å². The summed E-state index contributed by atoms with van der Waals surface area (Å²) in [4.78, 5) is 9.96. The maximum atomic E-state index is 9.96. The van der Waals surface area contributed by atoms with E-state index in [1.165, 1.54) is 0 Å². The van der Waals surface area contributed by atoms with Crippen molar-refractivity contribution >= 4 is 12.2 Å². The molecule has 1 aromatic rings. The first-order valence-corrected chi connectivity index (χ1v) is 3.20. The second-order valence-electron chi connectivity index (χ2n) is 2.26. The van der Waals surface area contributed by atoms with Crippen LogP contribution in [0.1, 0.15) is 5.56 Å². The normalized spacial score (nSPS) is 9.18. The average molecular weight is 151 g/mol. The molecule has 0 fully saturated rings.